The molecule has 0 aromatic carbocycles. The van der Waals surface area contributed by atoms with Crippen LogP contribution in [0.5, 0.6) is 0 Å². The summed E-state index contributed by atoms with van der Waals surface area (Å²) >= 11 is 0.873. The Morgan fingerprint density at radius 2 is 2.18 bits per heavy atom. The lowest BCUT2D eigenvalue weighted by atomic mass is 10.0. The molecule has 0 spiro atoms. The third-order valence-corrected chi connectivity index (χ3v) is 5.76. The summed E-state index contributed by atoms with van der Waals surface area (Å²) in [5.74, 6) is -0.590. The minimum absolute atomic E-state index is 0.0224. The van der Waals surface area contributed by atoms with Gasteiger partial charge >= 0.3 is 5.97 Å². The number of carboxylic acids is 1. The summed E-state index contributed by atoms with van der Waals surface area (Å²) in [7, 11) is -3.82. The summed E-state index contributed by atoms with van der Waals surface area (Å²) in [6, 6.07) is 0.666. The highest BCUT2D eigenvalue weighted by molar-refractivity contribution is 7.89. The second-order valence-electron chi connectivity index (χ2n) is 4.77. The summed E-state index contributed by atoms with van der Waals surface area (Å²) in [6.07, 6.45) is 0.512. The van der Waals surface area contributed by atoms with Crippen LogP contribution < -0.4 is 4.72 Å². The van der Waals surface area contributed by atoms with Crippen molar-refractivity contribution in [3.8, 4) is 0 Å². The van der Waals surface area contributed by atoms with E-state index in [4.69, 9.17) is 9.63 Å². The van der Waals surface area contributed by atoms with Crippen LogP contribution in [0.15, 0.2) is 20.9 Å². The van der Waals surface area contributed by atoms with Gasteiger partial charge in [-0.25, -0.2) is 17.9 Å². The Morgan fingerprint density at radius 1 is 1.50 bits per heavy atom. The molecular formula is C13H16N2O5S2. The number of aromatic carboxylic acids is 1. The number of hydrogen-bond donors (Lipinski definition) is 2. The van der Waals surface area contributed by atoms with Gasteiger partial charge in [0.2, 0.25) is 10.0 Å². The summed E-state index contributed by atoms with van der Waals surface area (Å²) in [4.78, 5) is 10.8. The molecule has 2 rings (SSSR count). The Bertz CT molecular complexity index is 772. The maximum absolute atomic E-state index is 12.4. The molecule has 0 aliphatic rings. The second-order valence-corrected chi connectivity index (χ2v) is 7.40. The number of carbonyl (C=O) groups is 1. The fraction of sp³-hybridized carbons (Fsp3) is 0.385. The molecule has 9 heteroatoms. The molecule has 22 heavy (non-hydrogen) atoms. The topological polar surface area (TPSA) is 110 Å². The van der Waals surface area contributed by atoms with Gasteiger partial charge in [-0.15, -0.1) is 11.3 Å². The van der Waals surface area contributed by atoms with Crippen molar-refractivity contribution in [1.29, 1.82) is 0 Å². The lowest BCUT2D eigenvalue weighted by molar-refractivity contribution is 0.0702. The predicted octanol–water partition coefficient (Wildman–Crippen LogP) is 2.48. The van der Waals surface area contributed by atoms with Crippen molar-refractivity contribution in [3.63, 3.8) is 0 Å². The van der Waals surface area contributed by atoms with E-state index in [2.05, 4.69) is 9.88 Å². The molecule has 0 amide bonds. The van der Waals surface area contributed by atoms with E-state index in [1.54, 1.807) is 13.8 Å². The Balaban J connectivity index is 2.31. The number of aromatic nitrogens is 1. The van der Waals surface area contributed by atoms with Gasteiger partial charge in [0.25, 0.3) is 0 Å². The van der Waals surface area contributed by atoms with Gasteiger partial charge in [0.1, 0.15) is 10.6 Å². The molecule has 0 aliphatic carbocycles. The Hall–Kier alpha value is -1.71. The molecule has 0 fully saturated rings. The van der Waals surface area contributed by atoms with Gasteiger partial charge in [0.05, 0.1) is 16.6 Å². The standard InChI is InChI=1S/C13H16N2O5S2/c1-4-10(12-7(2)14-20-8(12)3)15-22(18,19)9-5-11(13(16)17)21-6-9/h5-6,10,15H,4H2,1-3H3,(H,16,17). The molecule has 0 saturated heterocycles. The van der Waals surface area contributed by atoms with E-state index in [1.807, 2.05) is 6.92 Å². The monoisotopic (exact) mass is 344 g/mol. The smallest absolute Gasteiger partial charge is 0.345 e. The number of hydrogen-bond acceptors (Lipinski definition) is 6. The normalized spacial score (nSPS) is 13.2. The van der Waals surface area contributed by atoms with Crippen molar-refractivity contribution in [2.75, 3.05) is 0 Å². The molecule has 120 valence electrons. The van der Waals surface area contributed by atoms with E-state index >= 15 is 0 Å². The van der Waals surface area contributed by atoms with Crippen molar-refractivity contribution < 1.29 is 22.8 Å². The molecule has 2 aromatic rings. The van der Waals surface area contributed by atoms with Gasteiger partial charge in [-0.3, -0.25) is 0 Å². The molecule has 1 unspecified atom stereocenters. The quantitative estimate of drug-likeness (QED) is 0.833. The number of nitrogens with zero attached hydrogens (tertiary/aromatic N) is 1. The summed E-state index contributed by atoms with van der Waals surface area (Å²) in [6.45, 7) is 5.31. The van der Waals surface area contributed by atoms with Crippen LogP contribution >= 0.6 is 11.3 Å². The fourth-order valence-electron chi connectivity index (χ4n) is 2.16. The third kappa shape index (κ3) is 3.21. The van der Waals surface area contributed by atoms with E-state index in [1.165, 1.54) is 5.38 Å². The number of carboxylic acid groups (broad SMARTS) is 1. The first kappa shape index (κ1) is 16.7. The molecule has 0 bridgehead atoms. The molecule has 0 aliphatic heterocycles. The molecule has 0 radical (unpaired) electrons. The number of sulfonamides is 1. The maximum Gasteiger partial charge on any atom is 0.345 e. The Morgan fingerprint density at radius 3 is 2.64 bits per heavy atom. The van der Waals surface area contributed by atoms with Gasteiger partial charge in [0, 0.05) is 10.9 Å². The van der Waals surface area contributed by atoms with E-state index in [0.29, 0.717) is 23.4 Å². The third-order valence-electron chi connectivity index (χ3n) is 3.24. The van der Waals surface area contributed by atoms with Crippen molar-refractivity contribution >= 4 is 27.3 Å². The SMILES string of the molecule is CCC(NS(=O)(=O)c1csc(C(=O)O)c1)c1c(C)noc1C. The summed E-state index contributed by atoms with van der Waals surface area (Å²) in [5, 5.41) is 14.0. The summed E-state index contributed by atoms with van der Waals surface area (Å²) < 4.78 is 32.5. The number of nitrogens with one attached hydrogen (secondary N) is 1. The molecule has 1 atom stereocenters. The highest BCUT2D eigenvalue weighted by Gasteiger charge is 2.26. The number of aryl methyl sites for hydroxylation is 2. The van der Waals surface area contributed by atoms with Gasteiger partial charge in [-0.1, -0.05) is 12.1 Å². The van der Waals surface area contributed by atoms with Crippen LogP contribution in [0.1, 0.15) is 46.1 Å². The maximum atomic E-state index is 12.4. The van der Waals surface area contributed by atoms with Crippen LogP contribution in [0.3, 0.4) is 0 Å². The molecular weight excluding hydrogens is 328 g/mol. The van der Waals surface area contributed by atoms with Crippen LogP contribution in [0.25, 0.3) is 0 Å². The van der Waals surface area contributed by atoms with Crippen LogP contribution in [0.4, 0.5) is 0 Å². The summed E-state index contributed by atoms with van der Waals surface area (Å²) in [5.41, 5.74) is 1.34. The highest BCUT2D eigenvalue weighted by Crippen LogP contribution is 2.27. The molecule has 0 saturated carbocycles. The van der Waals surface area contributed by atoms with Crippen molar-refractivity contribution in [3.05, 3.63) is 33.3 Å². The van der Waals surface area contributed by atoms with Gasteiger partial charge in [0.15, 0.2) is 0 Å². The average Bonchev–Trinajstić information content (AvgIpc) is 3.05. The van der Waals surface area contributed by atoms with Crippen LogP contribution in [-0.4, -0.2) is 24.7 Å². The zero-order valence-corrected chi connectivity index (χ0v) is 13.9. The molecule has 2 aromatic heterocycles. The van der Waals surface area contributed by atoms with Gasteiger partial charge in [-0.2, -0.15) is 0 Å². The fourth-order valence-corrected chi connectivity index (χ4v) is 4.56. The minimum Gasteiger partial charge on any atom is -0.477 e. The Kier molecular flexibility index (Phi) is 4.69. The first-order valence-corrected chi connectivity index (χ1v) is 8.89. The number of rotatable bonds is 6. The zero-order chi connectivity index (χ0) is 16.5. The van der Waals surface area contributed by atoms with Crippen molar-refractivity contribution in [1.82, 2.24) is 9.88 Å². The van der Waals surface area contributed by atoms with Crippen LogP contribution in [0, 0.1) is 13.8 Å². The van der Waals surface area contributed by atoms with E-state index in [0.717, 1.165) is 17.4 Å². The van der Waals surface area contributed by atoms with E-state index < -0.39 is 22.0 Å². The molecule has 7 nitrogen and oxygen atoms in total. The average molecular weight is 344 g/mol. The molecule has 2 heterocycles. The first-order chi connectivity index (χ1) is 10.3. The lowest BCUT2D eigenvalue weighted by Gasteiger charge is -2.16. The largest absolute Gasteiger partial charge is 0.477 e. The lowest BCUT2D eigenvalue weighted by Crippen LogP contribution is -2.28. The van der Waals surface area contributed by atoms with E-state index in [9.17, 15) is 13.2 Å². The zero-order valence-electron chi connectivity index (χ0n) is 12.3. The van der Waals surface area contributed by atoms with E-state index in [-0.39, 0.29) is 9.77 Å². The van der Waals surface area contributed by atoms with Gasteiger partial charge < -0.3 is 9.63 Å². The van der Waals surface area contributed by atoms with Crippen molar-refractivity contribution in [2.45, 2.75) is 38.1 Å². The predicted molar refractivity (Wildman–Crippen MR) is 80.6 cm³/mol. The number of thiophene rings is 1. The first-order valence-electron chi connectivity index (χ1n) is 6.53. The second kappa shape index (κ2) is 6.19. The van der Waals surface area contributed by atoms with Crippen LogP contribution in [0.2, 0.25) is 0 Å². The minimum atomic E-state index is -3.82. The Labute approximate surface area is 132 Å². The van der Waals surface area contributed by atoms with Crippen molar-refractivity contribution in [2.24, 2.45) is 0 Å². The van der Waals surface area contributed by atoms with Gasteiger partial charge in [-0.05, 0) is 26.3 Å². The molecule has 2 N–H and O–H groups in total. The van der Waals surface area contributed by atoms with Crippen LogP contribution in [-0.2, 0) is 10.0 Å². The highest BCUT2D eigenvalue weighted by atomic mass is 32.2.